The summed E-state index contributed by atoms with van der Waals surface area (Å²) in [6.07, 6.45) is 2.63. The molecule has 1 aliphatic heterocycles. The van der Waals surface area contributed by atoms with Gasteiger partial charge in [0.1, 0.15) is 0 Å². The first-order valence-electron chi connectivity index (χ1n) is 8.32. The lowest BCUT2D eigenvalue weighted by molar-refractivity contribution is 0.0695. The molecule has 0 spiro atoms. The molecule has 0 aliphatic carbocycles. The average Bonchev–Trinajstić information content (AvgIpc) is 3.29. The van der Waals surface area contributed by atoms with E-state index in [9.17, 15) is 14.7 Å². The molecule has 1 aromatic heterocycles. The zero-order valence-electron chi connectivity index (χ0n) is 13.6. The van der Waals surface area contributed by atoms with Crippen molar-refractivity contribution in [3.63, 3.8) is 0 Å². The van der Waals surface area contributed by atoms with E-state index >= 15 is 0 Å². The van der Waals surface area contributed by atoms with Crippen LogP contribution in [0.2, 0.25) is 0 Å². The molecule has 2 heterocycles. The fourth-order valence-electron chi connectivity index (χ4n) is 3.61. The van der Waals surface area contributed by atoms with Crippen molar-refractivity contribution in [3.05, 3.63) is 71.4 Å². The van der Waals surface area contributed by atoms with Crippen LogP contribution in [-0.2, 0) is 0 Å². The molecule has 2 aromatic carbocycles. The number of hydrogen-bond donors (Lipinski definition) is 2. The van der Waals surface area contributed by atoms with Gasteiger partial charge in [-0.2, -0.15) is 0 Å². The maximum Gasteiger partial charge on any atom is 0.335 e. The van der Waals surface area contributed by atoms with E-state index in [2.05, 4.69) is 4.98 Å². The Morgan fingerprint density at radius 2 is 1.96 bits per heavy atom. The summed E-state index contributed by atoms with van der Waals surface area (Å²) in [5.74, 6) is -0.866. The van der Waals surface area contributed by atoms with Gasteiger partial charge in [0.15, 0.2) is 0 Å². The smallest absolute Gasteiger partial charge is 0.335 e. The fourth-order valence-corrected chi connectivity index (χ4v) is 3.61. The molecule has 1 aliphatic rings. The first-order valence-corrected chi connectivity index (χ1v) is 8.32. The van der Waals surface area contributed by atoms with Crippen LogP contribution in [0.5, 0.6) is 0 Å². The third-order valence-corrected chi connectivity index (χ3v) is 4.91. The van der Waals surface area contributed by atoms with Crippen molar-refractivity contribution in [2.24, 2.45) is 0 Å². The van der Waals surface area contributed by atoms with Gasteiger partial charge in [-0.3, -0.25) is 4.79 Å². The predicted octanol–water partition coefficient (Wildman–Crippen LogP) is 3.50. The molecule has 0 radical (unpaired) electrons. The summed E-state index contributed by atoms with van der Waals surface area (Å²) in [4.78, 5) is 29.2. The lowest BCUT2D eigenvalue weighted by Gasteiger charge is -2.17. The van der Waals surface area contributed by atoms with Crippen LogP contribution in [0.25, 0.3) is 10.9 Å². The fraction of sp³-hybridized carbons (Fsp3) is 0.200. The largest absolute Gasteiger partial charge is 0.478 e. The summed E-state index contributed by atoms with van der Waals surface area (Å²) in [6.45, 7) is 1.19. The van der Waals surface area contributed by atoms with Gasteiger partial charge in [-0.1, -0.05) is 24.3 Å². The number of amides is 1. The second-order valence-electron chi connectivity index (χ2n) is 6.41. The number of carbonyl (C=O) groups is 2. The highest BCUT2D eigenvalue weighted by Crippen LogP contribution is 2.30. The number of aromatic nitrogens is 1. The third kappa shape index (κ3) is 2.78. The van der Waals surface area contributed by atoms with Gasteiger partial charge in [0.2, 0.25) is 0 Å². The number of aromatic carboxylic acids is 1. The number of carboxylic acid groups (broad SMARTS) is 1. The zero-order valence-corrected chi connectivity index (χ0v) is 13.6. The molecule has 5 nitrogen and oxygen atoms in total. The Labute approximate surface area is 144 Å². The van der Waals surface area contributed by atoms with Gasteiger partial charge >= 0.3 is 5.97 Å². The summed E-state index contributed by atoms with van der Waals surface area (Å²) < 4.78 is 0. The van der Waals surface area contributed by atoms with E-state index in [0.717, 1.165) is 22.9 Å². The predicted molar refractivity (Wildman–Crippen MR) is 95.0 cm³/mol. The SMILES string of the molecule is O=C(O)c1ccccc1C1CCN(C(=O)c2ccc3cc[nH]c3c2)C1. The number of benzene rings is 2. The van der Waals surface area contributed by atoms with E-state index in [0.29, 0.717) is 24.2 Å². The minimum absolute atomic E-state index is 0.00759. The van der Waals surface area contributed by atoms with Crippen molar-refractivity contribution in [1.82, 2.24) is 9.88 Å². The molecular formula is C20H18N2O3. The molecule has 0 bridgehead atoms. The first kappa shape index (κ1) is 15.4. The van der Waals surface area contributed by atoms with Gasteiger partial charge in [-0.25, -0.2) is 4.79 Å². The number of nitrogens with zero attached hydrogens (tertiary/aromatic N) is 1. The molecule has 2 N–H and O–H groups in total. The Bertz CT molecular complexity index is 960. The van der Waals surface area contributed by atoms with Crippen LogP contribution < -0.4 is 0 Å². The molecule has 5 heteroatoms. The Balaban J connectivity index is 1.56. The zero-order chi connectivity index (χ0) is 17.4. The highest BCUT2D eigenvalue weighted by atomic mass is 16.4. The van der Waals surface area contributed by atoms with E-state index in [-0.39, 0.29) is 11.8 Å². The first-order chi connectivity index (χ1) is 12.1. The summed E-state index contributed by atoms with van der Waals surface area (Å²) >= 11 is 0. The number of carboxylic acids is 1. The Morgan fingerprint density at radius 1 is 1.12 bits per heavy atom. The van der Waals surface area contributed by atoms with E-state index in [1.54, 1.807) is 12.1 Å². The van der Waals surface area contributed by atoms with Crippen LogP contribution in [0.1, 0.15) is 38.6 Å². The molecule has 1 atom stereocenters. The quantitative estimate of drug-likeness (QED) is 0.770. The van der Waals surface area contributed by atoms with Crippen LogP contribution in [0.4, 0.5) is 0 Å². The van der Waals surface area contributed by atoms with Crippen LogP contribution in [0.15, 0.2) is 54.7 Å². The molecule has 1 saturated heterocycles. The van der Waals surface area contributed by atoms with Crippen molar-refractivity contribution in [2.75, 3.05) is 13.1 Å². The molecule has 0 saturated carbocycles. The van der Waals surface area contributed by atoms with E-state index < -0.39 is 5.97 Å². The van der Waals surface area contributed by atoms with Crippen LogP contribution >= 0.6 is 0 Å². The lowest BCUT2D eigenvalue weighted by Crippen LogP contribution is -2.28. The van der Waals surface area contributed by atoms with Gasteiger partial charge in [0.05, 0.1) is 5.56 Å². The number of carbonyl (C=O) groups excluding carboxylic acids is 1. The van der Waals surface area contributed by atoms with Crippen molar-refractivity contribution in [2.45, 2.75) is 12.3 Å². The number of hydrogen-bond acceptors (Lipinski definition) is 2. The van der Waals surface area contributed by atoms with Crippen molar-refractivity contribution >= 4 is 22.8 Å². The standard InChI is InChI=1S/C20H18N2O3/c23-19(14-6-5-13-7-9-21-18(13)11-14)22-10-8-15(12-22)16-3-1-2-4-17(16)20(24)25/h1-7,9,11,15,21H,8,10,12H2,(H,24,25). The highest BCUT2D eigenvalue weighted by Gasteiger charge is 2.30. The second-order valence-corrected chi connectivity index (χ2v) is 6.41. The van der Waals surface area contributed by atoms with Gasteiger partial charge < -0.3 is 15.0 Å². The lowest BCUT2D eigenvalue weighted by atomic mass is 9.93. The molecule has 1 fully saturated rings. The number of H-pyrrole nitrogens is 1. The minimum atomic E-state index is -0.919. The maximum absolute atomic E-state index is 12.8. The molecule has 1 amide bonds. The van der Waals surface area contributed by atoms with Gasteiger partial charge in [0.25, 0.3) is 5.91 Å². The van der Waals surface area contributed by atoms with E-state index in [4.69, 9.17) is 0 Å². The molecule has 4 rings (SSSR count). The number of fused-ring (bicyclic) bond motifs is 1. The van der Waals surface area contributed by atoms with E-state index in [1.165, 1.54) is 0 Å². The molecular weight excluding hydrogens is 316 g/mol. The summed E-state index contributed by atoms with van der Waals surface area (Å²) in [5.41, 5.74) is 2.74. The third-order valence-electron chi connectivity index (χ3n) is 4.91. The minimum Gasteiger partial charge on any atom is -0.478 e. The summed E-state index contributed by atoms with van der Waals surface area (Å²) in [5, 5.41) is 10.5. The van der Waals surface area contributed by atoms with Crippen molar-refractivity contribution < 1.29 is 14.7 Å². The topological polar surface area (TPSA) is 73.4 Å². The molecule has 25 heavy (non-hydrogen) atoms. The molecule has 126 valence electrons. The monoisotopic (exact) mass is 334 g/mol. The van der Waals surface area contributed by atoms with Crippen molar-refractivity contribution in [1.29, 1.82) is 0 Å². The number of rotatable bonds is 3. The average molecular weight is 334 g/mol. The van der Waals surface area contributed by atoms with E-state index in [1.807, 2.05) is 47.5 Å². The normalized spacial score (nSPS) is 17.1. The number of aromatic amines is 1. The van der Waals surface area contributed by atoms with Crippen molar-refractivity contribution in [3.8, 4) is 0 Å². The van der Waals surface area contributed by atoms with Gasteiger partial charge in [0, 0.05) is 36.3 Å². The Hall–Kier alpha value is -3.08. The number of likely N-dealkylation sites (tertiary alicyclic amines) is 1. The van der Waals surface area contributed by atoms with Gasteiger partial charge in [-0.15, -0.1) is 0 Å². The second kappa shape index (κ2) is 6.09. The summed E-state index contributed by atoms with van der Waals surface area (Å²) in [7, 11) is 0. The Kier molecular flexibility index (Phi) is 3.76. The molecule has 3 aromatic rings. The highest BCUT2D eigenvalue weighted by molar-refractivity contribution is 5.98. The maximum atomic E-state index is 12.8. The van der Waals surface area contributed by atoms with Crippen LogP contribution in [0, 0.1) is 0 Å². The molecule has 1 unspecified atom stereocenters. The number of nitrogens with one attached hydrogen (secondary N) is 1. The summed E-state index contributed by atoms with van der Waals surface area (Å²) in [6, 6.07) is 14.7. The Morgan fingerprint density at radius 3 is 2.80 bits per heavy atom. The van der Waals surface area contributed by atoms with Crippen LogP contribution in [0.3, 0.4) is 0 Å². The van der Waals surface area contributed by atoms with Gasteiger partial charge in [-0.05, 0) is 41.6 Å². The van der Waals surface area contributed by atoms with Crippen LogP contribution in [-0.4, -0.2) is 40.0 Å².